The summed E-state index contributed by atoms with van der Waals surface area (Å²) in [5.41, 5.74) is 1.67. The zero-order chi connectivity index (χ0) is 20.2. The summed E-state index contributed by atoms with van der Waals surface area (Å²) >= 11 is 1.84. The minimum absolute atomic E-state index is 0.0508. The van der Waals surface area contributed by atoms with Gasteiger partial charge in [0.15, 0.2) is 5.96 Å². The van der Waals surface area contributed by atoms with E-state index in [0.717, 1.165) is 24.6 Å². The molecule has 150 valence electrons. The van der Waals surface area contributed by atoms with Crippen molar-refractivity contribution >= 4 is 23.6 Å². The lowest BCUT2D eigenvalue weighted by Gasteiger charge is -2.16. The topological polar surface area (TPSA) is 65.5 Å². The number of hydrogen-bond donors (Lipinski definition) is 3. The summed E-state index contributed by atoms with van der Waals surface area (Å²) in [5.74, 6) is 0.733. The van der Waals surface area contributed by atoms with E-state index >= 15 is 0 Å². The minimum atomic E-state index is -0.0508. The largest absolute Gasteiger partial charge is 0.357 e. The van der Waals surface area contributed by atoms with Crippen molar-refractivity contribution < 1.29 is 4.79 Å². The van der Waals surface area contributed by atoms with Crippen molar-refractivity contribution in [1.29, 1.82) is 0 Å². The third-order valence-electron chi connectivity index (χ3n) is 3.93. The first-order valence-corrected chi connectivity index (χ1v) is 10.6. The molecule has 1 atom stereocenters. The summed E-state index contributed by atoms with van der Waals surface area (Å²) < 4.78 is 0. The smallest absolute Gasteiger partial charge is 0.251 e. The van der Waals surface area contributed by atoms with Gasteiger partial charge in [0.2, 0.25) is 0 Å². The summed E-state index contributed by atoms with van der Waals surface area (Å²) in [7, 11) is 0. The van der Waals surface area contributed by atoms with Gasteiger partial charge in [0.05, 0.1) is 6.54 Å². The van der Waals surface area contributed by atoms with Crippen LogP contribution in [0.3, 0.4) is 0 Å². The Balaban J connectivity index is 1.92. The van der Waals surface area contributed by atoms with Gasteiger partial charge in [-0.1, -0.05) is 37.3 Å². The van der Waals surface area contributed by atoms with Gasteiger partial charge < -0.3 is 16.0 Å². The van der Waals surface area contributed by atoms with Crippen LogP contribution in [0, 0.1) is 0 Å². The molecule has 0 aromatic heterocycles. The normalized spacial score (nSPS) is 12.3. The zero-order valence-electron chi connectivity index (χ0n) is 16.9. The van der Waals surface area contributed by atoms with Gasteiger partial charge in [-0.25, -0.2) is 4.99 Å². The molecule has 0 aliphatic heterocycles. The van der Waals surface area contributed by atoms with Crippen molar-refractivity contribution in [1.82, 2.24) is 16.0 Å². The first-order valence-electron chi connectivity index (χ1n) is 9.73. The number of thioether (sulfide) groups is 1. The van der Waals surface area contributed by atoms with Gasteiger partial charge in [-0.05, 0) is 43.7 Å². The number of aliphatic imine (C=N–C) groups is 1. The van der Waals surface area contributed by atoms with Crippen molar-refractivity contribution in [2.45, 2.75) is 37.5 Å². The molecule has 0 bridgehead atoms. The van der Waals surface area contributed by atoms with Gasteiger partial charge in [0.1, 0.15) is 0 Å². The lowest BCUT2D eigenvalue weighted by atomic mass is 10.1. The fourth-order valence-electron chi connectivity index (χ4n) is 2.60. The van der Waals surface area contributed by atoms with Crippen molar-refractivity contribution in [2.75, 3.05) is 19.6 Å². The van der Waals surface area contributed by atoms with Crippen LogP contribution in [0.25, 0.3) is 0 Å². The van der Waals surface area contributed by atoms with Crippen molar-refractivity contribution in [3.8, 4) is 0 Å². The molecule has 0 aliphatic rings. The molecule has 2 aromatic carbocycles. The number of carbonyl (C=O) groups is 1. The predicted molar refractivity (Wildman–Crippen MR) is 119 cm³/mol. The summed E-state index contributed by atoms with van der Waals surface area (Å²) in [6.45, 7) is 8.91. The summed E-state index contributed by atoms with van der Waals surface area (Å²) in [6, 6.07) is 18.0. The van der Waals surface area contributed by atoms with E-state index < -0.39 is 0 Å². The number of carbonyl (C=O) groups excluding carboxylic acids is 1. The molecule has 28 heavy (non-hydrogen) atoms. The molecule has 1 unspecified atom stereocenters. The molecule has 0 saturated heterocycles. The number of hydrogen-bond acceptors (Lipinski definition) is 3. The Kier molecular flexibility index (Phi) is 9.42. The van der Waals surface area contributed by atoms with Crippen LogP contribution in [0.5, 0.6) is 0 Å². The van der Waals surface area contributed by atoms with Gasteiger partial charge in [0.25, 0.3) is 5.91 Å². The summed E-state index contributed by atoms with van der Waals surface area (Å²) in [4.78, 5) is 17.9. The maximum atomic E-state index is 12.0. The predicted octanol–water partition coefficient (Wildman–Crippen LogP) is 3.67. The lowest BCUT2D eigenvalue weighted by Crippen LogP contribution is -2.40. The fraction of sp³-hybridized carbons (Fsp3) is 0.364. The van der Waals surface area contributed by atoms with Crippen LogP contribution < -0.4 is 16.0 Å². The molecule has 0 aliphatic carbocycles. The number of benzene rings is 2. The molecular weight excluding hydrogens is 368 g/mol. The van der Waals surface area contributed by atoms with E-state index in [-0.39, 0.29) is 5.91 Å². The Bertz CT molecular complexity index is 764. The summed E-state index contributed by atoms with van der Waals surface area (Å²) in [5, 5.41) is 9.92. The lowest BCUT2D eigenvalue weighted by molar-refractivity contribution is 0.0955. The number of amides is 1. The van der Waals surface area contributed by atoms with Crippen LogP contribution >= 0.6 is 11.8 Å². The molecule has 2 rings (SSSR count). The highest BCUT2D eigenvalue weighted by molar-refractivity contribution is 8.00. The quantitative estimate of drug-likeness (QED) is 0.343. The van der Waals surface area contributed by atoms with Crippen molar-refractivity contribution in [3.63, 3.8) is 0 Å². The zero-order valence-corrected chi connectivity index (χ0v) is 17.7. The van der Waals surface area contributed by atoms with E-state index in [1.807, 2.05) is 49.0 Å². The third kappa shape index (κ3) is 7.64. The molecule has 3 N–H and O–H groups in total. The van der Waals surface area contributed by atoms with Crippen LogP contribution in [0.4, 0.5) is 0 Å². The minimum Gasteiger partial charge on any atom is -0.357 e. The standard InChI is InChI=1S/C22H30N4OS/c1-4-23-21(27)19-11-9-10-18(14-19)16-26-22(24-5-2)25-15-17(3)28-20-12-7-6-8-13-20/h6-14,17H,4-5,15-16H2,1-3H3,(H,23,27)(H2,24,25,26). The van der Waals surface area contributed by atoms with Gasteiger partial charge in [0, 0.05) is 35.3 Å². The molecule has 0 saturated carbocycles. The van der Waals surface area contributed by atoms with Gasteiger partial charge in [-0.3, -0.25) is 4.79 Å². The second-order valence-corrected chi connectivity index (χ2v) is 7.89. The van der Waals surface area contributed by atoms with E-state index in [9.17, 15) is 4.79 Å². The van der Waals surface area contributed by atoms with E-state index in [0.29, 0.717) is 23.9 Å². The van der Waals surface area contributed by atoms with E-state index in [2.05, 4.69) is 59.1 Å². The molecule has 0 heterocycles. The average Bonchev–Trinajstić information content (AvgIpc) is 2.71. The molecule has 2 aromatic rings. The fourth-order valence-corrected chi connectivity index (χ4v) is 3.54. The average molecular weight is 399 g/mol. The molecular formula is C22H30N4OS. The number of rotatable bonds is 9. The Morgan fingerprint density at radius 2 is 1.75 bits per heavy atom. The molecule has 1 amide bonds. The Hall–Kier alpha value is -2.47. The highest BCUT2D eigenvalue weighted by atomic mass is 32.2. The Morgan fingerprint density at radius 3 is 2.46 bits per heavy atom. The first-order chi connectivity index (χ1) is 13.6. The van der Waals surface area contributed by atoms with E-state index in [1.54, 1.807) is 0 Å². The molecule has 5 nitrogen and oxygen atoms in total. The Morgan fingerprint density at radius 1 is 1.00 bits per heavy atom. The second-order valence-electron chi connectivity index (χ2n) is 6.38. The molecule has 0 radical (unpaired) electrons. The molecule has 6 heteroatoms. The summed E-state index contributed by atoms with van der Waals surface area (Å²) in [6.07, 6.45) is 0. The maximum Gasteiger partial charge on any atom is 0.251 e. The van der Waals surface area contributed by atoms with Crippen molar-refractivity contribution in [3.05, 3.63) is 65.7 Å². The maximum absolute atomic E-state index is 12.0. The monoisotopic (exact) mass is 398 g/mol. The Labute approximate surface area is 172 Å². The number of nitrogens with zero attached hydrogens (tertiary/aromatic N) is 1. The molecule has 0 fully saturated rings. The van der Waals surface area contributed by atoms with E-state index in [4.69, 9.17) is 0 Å². The first kappa shape index (κ1) is 21.8. The SMILES string of the molecule is CCNC(=O)c1cccc(CN=C(NCC)NCC(C)Sc2ccccc2)c1. The third-order valence-corrected chi connectivity index (χ3v) is 5.04. The second kappa shape index (κ2) is 12.1. The van der Waals surface area contributed by atoms with Gasteiger partial charge in [-0.15, -0.1) is 11.8 Å². The van der Waals surface area contributed by atoms with Crippen LogP contribution in [0.15, 0.2) is 64.5 Å². The number of nitrogens with one attached hydrogen (secondary N) is 3. The highest BCUT2D eigenvalue weighted by Crippen LogP contribution is 2.21. The van der Waals surface area contributed by atoms with Gasteiger partial charge in [-0.2, -0.15) is 0 Å². The van der Waals surface area contributed by atoms with Crippen LogP contribution in [0.1, 0.15) is 36.7 Å². The van der Waals surface area contributed by atoms with Crippen molar-refractivity contribution in [2.24, 2.45) is 4.99 Å². The van der Waals surface area contributed by atoms with E-state index in [1.165, 1.54) is 4.90 Å². The van der Waals surface area contributed by atoms with Crippen LogP contribution in [0.2, 0.25) is 0 Å². The molecule has 0 spiro atoms. The van der Waals surface area contributed by atoms with Crippen LogP contribution in [-0.4, -0.2) is 36.8 Å². The highest BCUT2D eigenvalue weighted by Gasteiger charge is 2.07. The number of guanidine groups is 1. The van der Waals surface area contributed by atoms with Gasteiger partial charge >= 0.3 is 0 Å². The van der Waals surface area contributed by atoms with Crippen LogP contribution in [-0.2, 0) is 6.54 Å².